The van der Waals surface area contributed by atoms with Gasteiger partial charge in [-0.2, -0.15) is 0 Å². The summed E-state index contributed by atoms with van der Waals surface area (Å²) < 4.78 is 12.8. The number of carbonyl (C=O) groups is 1. The van der Waals surface area contributed by atoms with Crippen LogP contribution in [-0.4, -0.2) is 45.5 Å². The number of aromatic nitrogens is 1. The zero-order valence-corrected chi connectivity index (χ0v) is 8.22. The summed E-state index contributed by atoms with van der Waals surface area (Å²) in [7, 11) is 0. The van der Waals surface area contributed by atoms with Gasteiger partial charge in [-0.15, -0.1) is 0 Å². The van der Waals surface area contributed by atoms with Crippen molar-refractivity contribution in [1.29, 1.82) is 0 Å². The average molecular weight is 230 g/mol. The Morgan fingerprint density at radius 3 is 2.62 bits per heavy atom. The number of carboxylic acid groups (broad SMARTS) is 1. The van der Waals surface area contributed by atoms with Crippen molar-refractivity contribution in [3.63, 3.8) is 0 Å². The summed E-state index contributed by atoms with van der Waals surface area (Å²) in [6.07, 6.45) is 0.848. The van der Waals surface area contributed by atoms with E-state index in [4.69, 9.17) is 15.3 Å². The maximum absolute atomic E-state index is 12.8. The number of pyridine rings is 1. The highest BCUT2D eigenvalue weighted by Crippen LogP contribution is 2.14. The third-order valence-corrected chi connectivity index (χ3v) is 1.87. The van der Waals surface area contributed by atoms with E-state index < -0.39 is 31.0 Å². The number of hydrogen-bond donors (Lipinski definition) is 4. The number of aliphatic hydroxyl groups is 2. The Hall–Kier alpha value is -1.73. The Morgan fingerprint density at radius 2 is 2.12 bits per heavy atom. The minimum Gasteiger partial charge on any atom is -0.478 e. The lowest BCUT2D eigenvalue weighted by atomic mass is 10.2. The van der Waals surface area contributed by atoms with Crippen molar-refractivity contribution in [3.8, 4) is 0 Å². The quantitative estimate of drug-likeness (QED) is 0.553. The Bertz CT molecular complexity index is 382. The first-order valence-corrected chi connectivity index (χ1v) is 4.45. The lowest BCUT2D eigenvalue weighted by molar-refractivity contribution is 0.0696. The van der Waals surface area contributed by atoms with E-state index in [0.717, 1.165) is 12.3 Å². The molecule has 0 amide bonds. The first-order chi connectivity index (χ1) is 7.58. The predicted octanol–water partition coefficient (Wildman–Crippen LogP) is -0.316. The number of aliphatic hydroxyl groups excluding tert-OH is 2. The van der Waals surface area contributed by atoms with Crippen LogP contribution >= 0.6 is 0 Å². The summed E-state index contributed by atoms with van der Waals surface area (Å²) in [6.45, 7) is -0.788. The van der Waals surface area contributed by atoms with Crippen LogP contribution in [0.3, 0.4) is 0 Å². The molecule has 16 heavy (non-hydrogen) atoms. The van der Waals surface area contributed by atoms with Crippen LogP contribution in [0.15, 0.2) is 12.3 Å². The molecular weight excluding hydrogens is 219 g/mol. The SMILES string of the molecule is O=C(O)c1cc(F)cnc1NC(CO)CO. The van der Waals surface area contributed by atoms with Gasteiger partial charge in [-0.25, -0.2) is 14.2 Å². The van der Waals surface area contributed by atoms with Gasteiger partial charge in [-0.1, -0.05) is 0 Å². The Morgan fingerprint density at radius 1 is 1.50 bits per heavy atom. The molecule has 0 aromatic carbocycles. The molecule has 4 N–H and O–H groups in total. The molecule has 0 spiro atoms. The zero-order valence-electron chi connectivity index (χ0n) is 8.22. The van der Waals surface area contributed by atoms with Crippen molar-refractivity contribution < 1.29 is 24.5 Å². The van der Waals surface area contributed by atoms with Crippen LogP contribution in [-0.2, 0) is 0 Å². The summed E-state index contributed by atoms with van der Waals surface area (Å²) in [5.74, 6) is -2.21. The van der Waals surface area contributed by atoms with Gasteiger partial charge in [-0.05, 0) is 6.07 Å². The van der Waals surface area contributed by atoms with Crippen molar-refractivity contribution in [2.45, 2.75) is 6.04 Å². The van der Waals surface area contributed by atoms with Crippen LogP contribution in [0.2, 0.25) is 0 Å². The zero-order chi connectivity index (χ0) is 12.1. The second kappa shape index (κ2) is 5.38. The Balaban J connectivity index is 2.98. The Labute approximate surface area is 90.4 Å². The first kappa shape index (κ1) is 12.3. The van der Waals surface area contributed by atoms with Gasteiger partial charge in [0, 0.05) is 0 Å². The van der Waals surface area contributed by atoms with E-state index in [2.05, 4.69) is 10.3 Å². The van der Waals surface area contributed by atoms with Gasteiger partial charge in [0.1, 0.15) is 17.2 Å². The highest BCUT2D eigenvalue weighted by molar-refractivity contribution is 5.93. The maximum Gasteiger partial charge on any atom is 0.339 e. The van der Waals surface area contributed by atoms with Gasteiger partial charge in [0.05, 0.1) is 25.5 Å². The van der Waals surface area contributed by atoms with Crippen LogP contribution in [0.25, 0.3) is 0 Å². The van der Waals surface area contributed by atoms with Crippen LogP contribution in [0.1, 0.15) is 10.4 Å². The van der Waals surface area contributed by atoms with E-state index >= 15 is 0 Å². The van der Waals surface area contributed by atoms with Gasteiger partial charge in [-0.3, -0.25) is 0 Å². The first-order valence-electron chi connectivity index (χ1n) is 4.45. The molecule has 0 saturated heterocycles. The molecule has 0 aliphatic carbocycles. The summed E-state index contributed by atoms with van der Waals surface area (Å²) in [6, 6.07) is 0.0692. The van der Waals surface area contributed by atoms with Crippen LogP contribution in [0.4, 0.5) is 10.2 Å². The third kappa shape index (κ3) is 2.88. The normalized spacial score (nSPS) is 10.5. The fraction of sp³-hybridized carbons (Fsp3) is 0.333. The number of hydrogen-bond acceptors (Lipinski definition) is 5. The molecule has 0 bridgehead atoms. The number of halogens is 1. The van der Waals surface area contributed by atoms with Crippen LogP contribution < -0.4 is 5.32 Å². The highest BCUT2D eigenvalue weighted by atomic mass is 19.1. The van der Waals surface area contributed by atoms with Crippen molar-refractivity contribution in [2.75, 3.05) is 18.5 Å². The van der Waals surface area contributed by atoms with Gasteiger partial charge in [0.25, 0.3) is 0 Å². The number of aromatic carboxylic acids is 1. The molecule has 0 fully saturated rings. The van der Waals surface area contributed by atoms with Crippen molar-refractivity contribution in [3.05, 3.63) is 23.6 Å². The molecule has 88 valence electrons. The van der Waals surface area contributed by atoms with E-state index in [1.165, 1.54) is 0 Å². The van der Waals surface area contributed by atoms with E-state index in [1.807, 2.05) is 0 Å². The van der Waals surface area contributed by atoms with Gasteiger partial charge >= 0.3 is 5.97 Å². The van der Waals surface area contributed by atoms with E-state index in [0.29, 0.717) is 0 Å². The second-order valence-electron chi connectivity index (χ2n) is 3.06. The topological polar surface area (TPSA) is 103 Å². The molecule has 6 nitrogen and oxygen atoms in total. The van der Waals surface area contributed by atoms with Crippen LogP contribution in [0, 0.1) is 5.82 Å². The summed E-state index contributed by atoms with van der Waals surface area (Å²) in [5, 5.41) is 28.9. The third-order valence-electron chi connectivity index (χ3n) is 1.87. The lowest BCUT2D eigenvalue weighted by Crippen LogP contribution is -2.29. The predicted molar refractivity (Wildman–Crippen MR) is 52.7 cm³/mol. The van der Waals surface area contributed by atoms with Gasteiger partial charge in [0.15, 0.2) is 0 Å². The summed E-state index contributed by atoms with van der Waals surface area (Å²) >= 11 is 0. The molecule has 0 unspecified atom stereocenters. The van der Waals surface area contributed by atoms with Crippen molar-refractivity contribution >= 4 is 11.8 Å². The molecule has 1 aromatic rings. The van der Waals surface area contributed by atoms with Crippen molar-refractivity contribution in [1.82, 2.24) is 4.98 Å². The van der Waals surface area contributed by atoms with E-state index in [1.54, 1.807) is 0 Å². The second-order valence-corrected chi connectivity index (χ2v) is 3.06. The Kier molecular flexibility index (Phi) is 4.15. The number of rotatable bonds is 5. The summed E-state index contributed by atoms with van der Waals surface area (Å²) in [5.41, 5.74) is -0.355. The van der Waals surface area contributed by atoms with Gasteiger partial charge in [0.2, 0.25) is 0 Å². The fourth-order valence-corrected chi connectivity index (χ4v) is 1.06. The fourth-order valence-electron chi connectivity index (χ4n) is 1.06. The highest BCUT2D eigenvalue weighted by Gasteiger charge is 2.15. The molecule has 0 aliphatic heterocycles. The minimum absolute atomic E-state index is 0.0954. The molecule has 0 saturated carbocycles. The molecule has 1 heterocycles. The van der Waals surface area contributed by atoms with Crippen molar-refractivity contribution in [2.24, 2.45) is 0 Å². The number of carboxylic acids is 1. The smallest absolute Gasteiger partial charge is 0.339 e. The minimum atomic E-state index is -1.34. The monoisotopic (exact) mass is 230 g/mol. The average Bonchev–Trinajstić information content (AvgIpc) is 2.27. The van der Waals surface area contributed by atoms with E-state index in [9.17, 15) is 9.18 Å². The summed E-state index contributed by atoms with van der Waals surface area (Å²) in [4.78, 5) is 14.3. The molecule has 0 atom stereocenters. The number of nitrogens with one attached hydrogen (secondary N) is 1. The molecular formula is C9H11FN2O4. The van der Waals surface area contributed by atoms with Crippen LogP contribution in [0.5, 0.6) is 0 Å². The molecule has 0 radical (unpaired) electrons. The maximum atomic E-state index is 12.8. The largest absolute Gasteiger partial charge is 0.478 e. The number of nitrogens with zero attached hydrogens (tertiary/aromatic N) is 1. The number of anilines is 1. The lowest BCUT2D eigenvalue weighted by Gasteiger charge is -2.15. The molecule has 0 aliphatic rings. The molecule has 7 heteroatoms. The standard InChI is InChI=1S/C9H11FN2O4/c10-5-1-7(9(15)16)8(11-2-5)12-6(3-13)4-14/h1-2,6,13-14H,3-4H2,(H,11,12)(H,15,16). The van der Waals surface area contributed by atoms with E-state index in [-0.39, 0.29) is 11.4 Å². The molecule has 1 rings (SSSR count). The molecule has 1 aromatic heterocycles. The van der Waals surface area contributed by atoms with Gasteiger partial charge < -0.3 is 20.6 Å².